The van der Waals surface area contributed by atoms with Gasteiger partial charge >= 0.3 is 0 Å². The average Bonchev–Trinajstić information content (AvgIpc) is 3.28. The molecule has 1 aromatic carbocycles. The van der Waals surface area contributed by atoms with Crippen molar-refractivity contribution in [3.05, 3.63) is 42.2 Å². The van der Waals surface area contributed by atoms with Crippen LogP contribution >= 0.6 is 0 Å². The van der Waals surface area contributed by atoms with E-state index < -0.39 is 0 Å². The maximum atomic E-state index is 12.2. The van der Waals surface area contributed by atoms with Gasteiger partial charge in [0, 0.05) is 18.8 Å². The Balaban J connectivity index is 1.70. The minimum absolute atomic E-state index is 0.0543. The molecule has 2 aromatic rings. The summed E-state index contributed by atoms with van der Waals surface area (Å²) >= 11 is 0. The molecular weight excluding hydrogens is 280 g/mol. The molecule has 0 bridgehead atoms. The number of nitrogens with two attached hydrogens (primary N) is 1. The van der Waals surface area contributed by atoms with Gasteiger partial charge in [0.1, 0.15) is 5.75 Å². The average molecular weight is 300 g/mol. The minimum Gasteiger partial charge on any atom is -0.497 e. The van der Waals surface area contributed by atoms with E-state index in [2.05, 4.69) is 10.4 Å². The van der Waals surface area contributed by atoms with Crippen LogP contribution in [0.15, 0.2) is 36.5 Å². The van der Waals surface area contributed by atoms with E-state index in [1.54, 1.807) is 24.1 Å². The molecule has 6 nitrogen and oxygen atoms in total. The molecule has 0 aliphatic heterocycles. The molecule has 1 aromatic heterocycles. The molecule has 1 atom stereocenters. The summed E-state index contributed by atoms with van der Waals surface area (Å²) in [6.45, 7) is 0.468. The van der Waals surface area contributed by atoms with Gasteiger partial charge in [-0.2, -0.15) is 5.10 Å². The quantitative estimate of drug-likeness (QED) is 0.843. The van der Waals surface area contributed by atoms with Gasteiger partial charge in [0.15, 0.2) is 5.69 Å². The maximum absolute atomic E-state index is 12.2. The molecule has 3 N–H and O–H groups in total. The Morgan fingerprint density at radius 1 is 1.41 bits per heavy atom. The fraction of sp³-hybridized carbons (Fsp3) is 0.375. The molecule has 0 saturated heterocycles. The highest BCUT2D eigenvalue weighted by Crippen LogP contribution is 2.32. The third-order valence-corrected chi connectivity index (χ3v) is 3.92. The Labute approximate surface area is 129 Å². The molecule has 3 rings (SSSR count). The standard InChI is InChI=1S/C16H20N4O2/c1-22-13-6-4-12(5-7-13)20-9-8-14(19-20)16(21)18-15(10-17)11-2-3-11/h4-9,11,15H,2-3,10,17H2,1H3,(H,18,21). The number of nitrogens with zero attached hydrogens (tertiary/aromatic N) is 2. The summed E-state index contributed by atoms with van der Waals surface area (Å²) in [5.41, 5.74) is 6.98. The van der Waals surface area contributed by atoms with Gasteiger partial charge in [-0.25, -0.2) is 4.68 Å². The highest BCUT2D eigenvalue weighted by molar-refractivity contribution is 5.92. The second-order valence-electron chi connectivity index (χ2n) is 5.50. The molecule has 1 saturated carbocycles. The Hall–Kier alpha value is -2.34. The lowest BCUT2D eigenvalue weighted by Crippen LogP contribution is -2.41. The lowest BCUT2D eigenvalue weighted by Gasteiger charge is -2.14. The summed E-state index contributed by atoms with van der Waals surface area (Å²) in [6, 6.07) is 9.25. The molecule has 1 unspecified atom stereocenters. The van der Waals surface area contributed by atoms with Crippen molar-refractivity contribution in [3.63, 3.8) is 0 Å². The van der Waals surface area contributed by atoms with Gasteiger partial charge in [0.25, 0.3) is 5.91 Å². The van der Waals surface area contributed by atoms with Crippen LogP contribution in [0.25, 0.3) is 5.69 Å². The zero-order valence-electron chi connectivity index (χ0n) is 12.5. The van der Waals surface area contributed by atoms with Gasteiger partial charge in [-0.05, 0) is 49.1 Å². The number of amides is 1. The number of methoxy groups -OCH3 is 1. The van der Waals surface area contributed by atoms with Crippen molar-refractivity contribution in [2.75, 3.05) is 13.7 Å². The zero-order chi connectivity index (χ0) is 15.5. The van der Waals surface area contributed by atoms with E-state index >= 15 is 0 Å². The van der Waals surface area contributed by atoms with E-state index in [1.165, 1.54) is 0 Å². The molecule has 1 aliphatic rings. The number of benzene rings is 1. The molecule has 0 radical (unpaired) electrons. The van der Waals surface area contributed by atoms with Gasteiger partial charge in [-0.3, -0.25) is 4.79 Å². The highest BCUT2D eigenvalue weighted by Gasteiger charge is 2.31. The molecule has 6 heteroatoms. The van der Waals surface area contributed by atoms with Crippen molar-refractivity contribution in [1.82, 2.24) is 15.1 Å². The van der Waals surface area contributed by atoms with Crippen LogP contribution < -0.4 is 15.8 Å². The number of hydrogen-bond donors (Lipinski definition) is 2. The van der Waals surface area contributed by atoms with E-state index in [0.717, 1.165) is 24.3 Å². The summed E-state index contributed by atoms with van der Waals surface area (Å²) in [4.78, 5) is 12.2. The Bertz CT molecular complexity index is 646. The van der Waals surface area contributed by atoms with Crippen molar-refractivity contribution in [1.29, 1.82) is 0 Å². The summed E-state index contributed by atoms with van der Waals surface area (Å²) in [6.07, 6.45) is 4.05. The van der Waals surface area contributed by atoms with Gasteiger partial charge in [-0.15, -0.1) is 0 Å². The van der Waals surface area contributed by atoms with E-state index in [1.807, 2.05) is 24.3 Å². The smallest absolute Gasteiger partial charge is 0.272 e. The zero-order valence-corrected chi connectivity index (χ0v) is 12.5. The van der Waals surface area contributed by atoms with Crippen LogP contribution in [0, 0.1) is 5.92 Å². The Morgan fingerprint density at radius 2 is 2.14 bits per heavy atom. The van der Waals surface area contributed by atoms with Crippen LogP contribution in [0.1, 0.15) is 23.3 Å². The predicted octanol–water partition coefficient (Wildman–Crippen LogP) is 1.35. The molecule has 1 aliphatic carbocycles. The summed E-state index contributed by atoms with van der Waals surface area (Å²) in [7, 11) is 1.62. The normalized spacial score (nSPS) is 15.4. The summed E-state index contributed by atoms with van der Waals surface area (Å²) < 4.78 is 6.80. The van der Waals surface area contributed by atoms with E-state index in [4.69, 9.17) is 10.5 Å². The largest absolute Gasteiger partial charge is 0.497 e. The first-order valence-corrected chi connectivity index (χ1v) is 7.42. The summed E-state index contributed by atoms with van der Waals surface area (Å²) in [5, 5.41) is 7.29. The Kier molecular flexibility index (Phi) is 4.11. The van der Waals surface area contributed by atoms with E-state index in [9.17, 15) is 4.79 Å². The molecule has 116 valence electrons. The second-order valence-corrected chi connectivity index (χ2v) is 5.50. The van der Waals surface area contributed by atoms with Crippen LogP contribution in [0.2, 0.25) is 0 Å². The van der Waals surface area contributed by atoms with Crippen LogP contribution in [0.5, 0.6) is 5.75 Å². The number of carbonyl (C=O) groups excluding carboxylic acids is 1. The number of carbonyl (C=O) groups is 1. The third-order valence-electron chi connectivity index (χ3n) is 3.92. The van der Waals surface area contributed by atoms with E-state index in [-0.39, 0.29) is 11.9 Å². The number of ether oxygens (including phenoxy) is 1. The first kappa shape index (κ1) is 14.6. The monoisotopic (exact) mass is 300 g/mol. The van der Waals surface area contributed by atoms with Crippen molar-refractivity contribution in [2.24, 2.45) is 11.7 Å². The van der Waals surface area contributed by atoms with E-state index in [0.29, 0.717) is 18.2 Å². The van der Waals surface area contributed by atoms with Gasteiger partial charge < -0.3 is 15.8 Å². The first-order chi connectivity index (χ1) is 10.7. The minimum atomic E-state index is -0.172. The fourth-order valence-corrected chi connectivity index (χ4v) is 2.43. The van der Waals surface area contributed by atoms with Gasteiger partial charge in [-0.1, -0.05) is 0 Å². The second kappa shape index (κ2) is 6.19. The number of rotatable bonds is 6. The van der Waals surface area contributed by atoms with Crippen molar-refractivity contribution in [3.8, 4) is 11.4 Å². The number of hydrogen-bond acceptors (Lipinski definition) is 4. The Morgan fingerprint density at radius 3 is 2.73 bits per heavy atom. The van der Waals surface area contributed by atoms with Crippen LogP contribution in [0.3, 0.4) is 0 Å². The number of nitrogens with one attached hydrogen (secondary N) is 1. The molecule has 1 amide bonds. The first-order valence-electron chi connectivity index (χ1n) is 7.42. The van der Waals surface area contributed by atoms with Crippen LogP contribution in [-0.2, 0) is 0 Å². The third kappa shape index (κ3) is 3.12. The highest BCUT2D eigenvalue weighted by atomic mass is 16.5. The van der Waals surface area contributed by atoms with Crippen molar-refractivity contribution >= 4 is 5.91 Å². The molecular formula is C16H20N4O2. The van der Waals surface area contributed by atoms with Crippen molar-refractivity contribution in [2.45, 2.75) is 18.9 Å². The molecule has 0 spiro atoms. The topological polar surface area (TPSA) is 82.2 Å². The number of aromatic nitrogens is 2. The molecule has 22 heavy (non-hydrogen) atoms. The lowest BCUT2D eigenvalue weighted by atomic mass is 10.2. The summed E-state index contributed by atoms with van der Waals surface area (Å²) in [5.74, 6) is 1.14. The van der Waals surface area contributed by atoms with Crippen molar-refractivity contribution < 1.29 is 9.53 Å². The van der Waals surface area contributed by atoms with Gasteiger partial charge in [0.2, 0.25) is 0 Å². The maximum Gasteiger partial charge on any atom is 0.272 e. The van der Waals surface area contributed by atoms with Gasteiger partial charge in [0.05, 0.1) is 12.8 Å². The molecule has 1 heterocycles. The lowest BCUT2D eigenvalue weighted by molar-refractivity contribution is 0.0928. The predicted molar refractivity (Wildman–Crippen MR) is 83.1 cm³/mol. The molecule has 1 fully saturated rings. The SMILES string of the molecule is COc1ccc(-n2ccc(C(=O)NC(CN)C3CC3)n2)cc1. The fourth-order valence-electron chi connectivity index (χ4n) is 2.43. The van der Waals surface area contributed by atoms with Crippen LogP contribution in [-0.4, -0.2) is 35.4 Å². The van der Waals surface area contributed by atoms with Crippen LogP contribution in [0.4, 0.5) is 0 Å².